The maximum atomic E-state index is 5.73. The minimum atomic E-state index is 0.0460. The first kappa shape index (κ1) is 12.4. The number of rotatable bonds is 6. The molecule has 0 bridgehead atoms. The van der Waals surface area contributed by atoms with E-state index in [0.29, 0.717) is 13.1 Å². The van der Waals surface area contributed by atoms with Gasteiger partial charge in [-0.25, -0.2) is 0 Å². The summed E-state index contributed by atoms with van der Waals surface area (Å²) in [7, 11) is 1.63. The van der Waals surface area contributed by atoms with Crippen molar-refractivity contribution in [3.63, 3.8) is 0 Å². The topological polar surface area (TPSA) is 30.5 Å². The van der Waals surface area contributed by atoms with Crippen LogP contribution in [0, 0.1) is 12.3 Å². The maximum Gasteiger partial charge on any atom is 0.161 e. The number of benzene rings is 1. The molecule has 16 heavy (non-hydrogen) atoms. The zero-order valence-electron chi connectivity index (χ0n) is 9.69. The van der Waals surface area contributed by atoms with Gasteiger partial charge in [0.15, 0.2) is 11.5 Å². The van der Waals surface area contributed by atoms with Crippen LogP contribution < -0.4 is 14.8 Å². The first-order valence-corrected chi connectivity index (χ1v) is 5.21. The number of nitrogens with one attached hydrogen (secondary N) is 1. The van der Waals surface area contributed by atoms with Crippen LogP contribution >= 0.6 is 0 Å². The number of para-hydroxylation sites is 2. The average molecular weight is 219 g/mol. The third-order valence-corrected chi connectivity index (χ3v) is 2.06. The molecule has 0 aromatic heterocycles. The first-order chi connectivity index (χ1) is 7.77. The summed E-state index contributed by atoms with van der Waals surface area (Å²) in [6, 6.07) is 7.58. The summed E-state index contributed by atoms with van der Waals surface area (Å²) in [6.45, 7) is 3.25. The predicted octanol–water partition coefficient (Wildman–Crippen LogP) is 1.69. The van der Waals surface area contributed by atoms with Crippen LogP contribution in [0.2, 0.25) is 0 Å². The second-order valence-corrected chi connectivity index (χ2v) is 3.41. The Morgan fingerprint density at radius 2 is 2.06 bits per heavy atom. The van der Waals surface area contributed by atoms with Crippen LogP contribution in [-0.4, -0.2) is 26.3 Å². The summed E-state index contributed by atoms with van der Waals surface area (Å²) in [5.41, 5.74) is 0. The van der Waals surface area contributed by atoms with Crippen LogP contribution in [0.15, 0.2) is 24.3 Å². The van der Waals surface area contributed by atoms with E-state index in [9.17, 15) is 0 Å². The molecule has 0 heterocycles. The molecule has 86 valence electrons. The Kier molecular flexibility index (Phi) is 5.24. The quantitative estimate of drug-likeness (QED) is 0.583. The molecule has 0 saturated carbocycles. The highest BCUT2D eigenvalue weighted by Crippen LogP contribution is 2.26. The Balaban J connectivity index is 2.49. The Bertz CT molecular complexity index is 357. The van der Waals surface area contributed by atoms with Crippen molar-refractivity contribution in [3.8, 4) is 23.8 Å². The molecule has 0 radical (unpaired) electrons. The van der Waals surface area contributed by atoms with Gasteiger partial charge in [-0.1, -0.05) is 18.1 Å². The van der Waals surface area contributed by atoms with Crippen LogP contribution in [0.1, 0.15) is 6.92 Å². The molecule has 0 aliphatic carbocycles. The van der Waals surface area contributed by atoms with Crippen LogP contribution in [0.3, 0.4) is 0 Å². The van der Waals surface area contributed by atoms with E-state index in [1.807, 2.05) is 31.2 Å². The third kappa shape index (κ3) is 3.84. The molecule has 1 rings (SSSR count). The molecule has 0 saturated heterocycles. The zero-order chi connectivity index (χ0) is 11.8. The van der Waals surface area contributed by atoms with Gasteiger partial charge in [0.1, 0.15) is 6.10 Å². The van der Waals surface area contributed by atoms with Gasteiger partial charge < -0.3 is 14.8 Å². The SMILES string of the molecule is C#CCNCC(C)Oc1ccccc1OC. The molecule has 0 fully saturated rings. The lowest BCUT2D eigenvalue weighted by Crippen LogP contribution is -2.29. The van der Waals surface area contributed by atoms with Gasteiger partial charge in [0.2, 0.25) is 0 Å². The Morgan fingerprint density at radius 3 is 2.69 bits per heavy atom. The van der Waals surface area contributed by atoms with Gasteiger partial charge in [-0.05, 0) is 19.1 Å². The molecule has 1 aromatic carbocycles. The van der Waals surface area contributed by atoms with Crippen LogP contribution in [0.4, 0.5) is 0 Å². The lowest BCUT2D eigenvalue weighted by molar-refractivity contribution is 0.209. The smallest absolute Gasteiger partial charge is 0.161 e. The van der Waals surface area contributed by atoms with Crippen molar-refractivity contribution in [3.05, 3.63) is 24.3 Å². The van der Waals surface area contributed by atoms with Crippen molar-refractivity contribution < 1.29 is 9.47 Å². The normalized spacial score (nSPS) is 11.6. The molecule has 0 aliphatic heterocycles. The number of hydrogen-bond donors (Lipinski definition) is 1. The zero-order valence-corrected chi connectivity index (χ0v) is 9.69. The third-order valence-electron chi connectivity index (χ3n) is 2.06. The van der Waals surface area contributed by atoms with Crippen molar-refractivity contribution in [1.82, 2.24) is 5.32 Å². The summed E-state index contributed by atoms with van der Waals surface area (Å²) in [5.74, 6) is 4.01. The Morgan fingerprint density at radius 1 is 1.38 bits per heavy atom. The predicted molar refractivity (Wildman–Crippen MR) is 64.8 cm³/mol. The van der Waals surface area contributed by atoms with Crippen molar-refractivity contribution in [2.24, 2.45) is 0 Å². The van der Waals surface area contributed by atoms with E-state index in [1.165, 1.54) is 0 Å². The van der Waals surface area contributed by atoms with E-state index in [2.05, 4.69) is 11.2 Å². The van der Waals surface area contributed by atoms with E-state index in [0.717, 1.165) is 11.5 Å². The fourth-order valence-corrected chi connectivity index (χ4v) is 1.32. The van der Waals surface area contributed by atoms with Crippen molar-refractivity contribution in [1.29, 1.82) is 0 Å². The minimum absolute atomic E-state index is 0.0460. The monoisotopic (exact) mass is 219 g/mol. The molecule has 0 aliphatic rings. The van der Waals surface area contributed by atoms with Gasteiger partial charge in [-0.3, -0.25) is 0 Å². The highest BCUT2D eigenvalue weighted by atomic mass is 16.5. The fraction of sp³-hybridized carbons (Fsp3) is 0.385. The van der Waals surface area contributed by atoms with Gasteiger partial charge in [0.25, 0.3) is 0 Å². The molecule has 3 heteroatoms. The van der Waals surface area contributed by atoms with Gasteiger partial charge >= 0.3 is 0 Å². The standard InChI is InChI=1S/C13H17NO2/c1-4-9-14-10-11(2)16-13-8-6-5-7-12(13)15-3/h1,5-8,11,14H,9-10H2,2-3H3. The molecule has 1 atom stereocenters. The van der Waals surface area contributed by atoms with Gasteiger partial charge in [0.05, 0.1) is 13.7 Å². The molecule has 3 nitrogen and oxygen atoms in total. The minimum Gasteiger partial charge on any atom is -0.493 e. The van der Waals surface area contributed by atoms with E-state index in [4.69, 9.17) is 15.9 Å². The van der Waals surface area contributed by atoms with E-state index in [1.54, 1.807) is 7.11 Å². The Hall–Kier alpha value is -1.66. The summed E-state index contributed by atoms with van der Waals surface area (Å²) < 4.78 is 10.9. The summed E-state index contributed by atoms with van der Waals surface area (Å²) in [4.78, 5) is 0. The van der Waals surface area contributed by atoms with Crippen molar-refractivity contribution in [2.45, 2.75) is 13.0 Å². The maximum absolute atomic E-state index is 5.73. The number of terminal acetylenes is 1. The fourth-order valence-electron chi connectivity index (χ4n) is 1.32. The second kappa shape index (κ2) is 6.76. The number of hydrogen-bond acceptors (Lipinski definition) is 3. The van der Waals surface area contributed by atoms with Gasteiger partial charge in [-0.15, -0.1) is 6.42 Å². The number of methoxy groups -OCH3 is 1. The van der Waals surface area contributed by atoms with Crippen LogP contribution in [0.25, 0.3) is 0 Å². The lowest BCUT2D eigenvalue weighted by atomic mass is 10.3. The molecular weight excluding hydrogens is 202 g/mol. The number of ether oxygens (including phenoxy) is 2. The van der Waals surface area contributed by atoms with Crippen LogP contribution in [0.5, 0.6) is 11.5 Å². The average Bonchev–Trinajstić information content (AvgIpc) is 2.30. The summed E-state index contributed by atoms with van der Waals surface area (Å²) in [6.07, 6.45) is 5.19. The van der Waals surface area contributed by atoms with Crippen LogP contribution in [-0.2, 0) is 0 Å². The lowest BCUT2D eigenvalue weighted by Gasteiger charge is -2.16. The van der Waals surface area contributed by atoms with E-state index < -0.39 is 0 Å². The summed E-state index contributed by atoms with van der Waals surface area (Å²) >= 11 is 0. The van der Waals surface area contributed by atoms with Gasteiger partial charge in [0, 0.05) is 6.54 Å². The molecular formula is C13H17NO2. The second-order valence-electron chi connectivity index (χ2n) is 3.41. The van der Waals surface area contributed by atoms with Gasteiger partial charge in [-0.2, -0.15) is 0 Å². The molecule has 1 unspecified atom stereocenters. The Labute approximate surface area is 96.8 Å². The van der Waals surface area contributed by atoms with Crippen molar-refractivity contribution in [2.75, 3.05) is 20.2 Å². The van der Waals surface area contributed by atoms with Crippen molar-refractivity contribution >= 4 is 0 Å². The van der Waals surface area contributed by atoms with E-state index in [-0.39, 0.29) is 6.10 Å². The summed E-state index contributed by atoms with van der Waals surface area (Å²) in [5, 5.41) is 3.09. The molecule has 1 N–H and O–H groups in total. The molecule has 0 amide bonds. The largest absolute Gasteiger partial charge is 0.493 e. The highest BCUT2D eigenvalue weighted by molar-refractivity contribution is 5.39. The highest BCUT2D eigenvalue weighted by Gasteiger charge is 2.07. The molecule has 0 spiro atoms. The molecule has 1 aromatic rings. The van der Waals surface area contributed by atoms with E-state index >= 15 is 0 Å². The first-order valence-electron chi connectivity index (χ1n) is 5.21.